The van der Waals surface area contributed by atoms with Gasteiger partial charge in [0.15, 0.2) is 11.5 Å². The summed E-state index contributed by atoms with van der Waals surface area (Å²) >= 11 is 0. The van der Waals surface area contributed by atoms with E-state index in [1.807, 2.05) is 0 Å². The lowest BCUT2D eigenvalue weighted by atomic mass is 10.0. The van der Waals surface area contributed by atoms with E-state index in [0.717, 1.165) is 6.92 Å². The van der Waals surface area contributed by atoms with E-state index in [9.17, 15) is 8.78 Å². The van der Waals surface area contributed by atoms with Crippen molar-refractivity contribution in [3.05, 3.63) is 23.3 Å². The normalized spacial score (nSPS) is 14.8. The van der Waals surface area contributed by atoms with E-state index in [2.05, 4.69) is 5.32 Å². The van der Waals surface area contributed by atoms with Crippen molar-refractivity contribution in [1.82, 2.24) is 5.32 Å². The van der Waals surface area contributed by atoms with Crippen LogP contribution in [0.15, 0.2) is 12.1 Å². The van der Waals surface area contributed by atoms with Crippen LogP contribution >= 0.6 is 0 Å². The Labute approximate surface area is 98.7 Å². The second-order valence-corrected chi connectivity index (χ2v) is 4.08. The molecule has 0 spiro atoms. The molecule has 1 aromatic carbocycles. The lowest BCUT2D eigenvalue weighted by molar-refractivity contribution is 0.0168. The number of hydrogen-bond donors (Lipinski definition) is 1. The minimum atomic E-state index is -2.88. The number of hydrogen-bond acceptors (Lipinski definition) is 3. The van der Waals surface area contributed by atoms with Crippen molar-refractivity contribution < 1.29 is 18.3 Å². The van der Waals surface area contributed by atoms with Gasteiger partial charge in [-0.1, -0.05) is 0 Å². The van der Waals surface area contributed by atoms with Crippen molar-refractivity contribution in [2.24, 2.45) is 0 Å². The average molecular weight is 243 g/mol. The molecule has 0 bridgehead atoms. The number of benzene rings is 1. The molecule has 1 heterocycles. The maximum Gasteiger partial charge on any atom is 0.270 e. The van der Waals surface area contributed by atoms with Gasteiger partial charge < -0.3 is 14.8 Å². The zero-order valence-corrected chi connectivity index (χ0v) is 9.85. The van der Waals surface area contributed by atoms with Gasteiger partial charge in [-0.2, -0.15) is 0 Å². The van der Waals surface area contributed by atoms with Gasteiger partial charge in [-0.3, -0.25) is 0 Å². The minimum Gasteiger partial charge on any atom is -0.486 e. The third-order valence-corrected chi connectivity index (χ3v) is 2.59. The van der Waals surface area contributed by atoms with Gasteiger partial charge in [0.2, 0.25) is 0 Å². The highest BCUT2D eigenvalue weighted by Gasteiger charge is 2.28. The van der Waals surface area contributed by atoms with Gasteiger partial charge in [0.25, 0.3) is 5.92 Å². The summed E-state index contributed by atoms with van der Waals surface area (Å²) in [6.45, 7) is 2.19. The lowest BCUT2D eigenvalue weighted by Gasteiger charge is -2.23. The van der Waals surface area contributed by atoms with Crippen molar-refractivity contribution in [1.29, 1.82) is 0 Å². The summed E-state index contributed by atoms with van der Waals surface area (Å²) in [4.78, 5) is 0. The van der Waals surface area contributed by atoms with Crippen LogP contribution in [0.25, 0.3) is 0 Å². The molecule has 0 atom stereocenters. The van der Waals surface area contributed by atoms with E-state index >= 15 is 0 Å². The van der Waals surface area contributed by atoms with Gasteiger partial charge in [-0.25, -0.2) is 8.78 Å². The molecule has 1 N–H and O–H groups in total. The third-order valence-electron chi connectivity index (χ3n) is 2.59. The smallest absolute Gasteiger partial charge is 0.270 e. The number of rotatable bonds is 3. The molecule has 0 unspecified atom stereocenters. The van der Waals surface area contributed by atoms with Gasteiger partial charge in [0.1, 0.15) is 13.2 Å². The van der Waals surface area contributed by atoms with Crippen molar-refractivity contribution >= 4 is 0 Å². The molecule has 2 rings (SSSR count). The number of ether oxygens (including phenoxy) is 2. The second kappa shape index (κ2) is 4.49. The summed E-state index contributed by atoms with van der Waals surface area (Å²) in [7, 11) is 1.76. The van der Waals surface area contributed by atoms with E-state index in [4.69, 9.17) is 9.47 Å². The van der Waals surface area contributed by atoms with E-state index in [1.165, 1.54) is 12.1 Å². The van der Waals surface area contributed by atoms with Gasteiger partial charge in [0, 0.05) is 24.6 Å². The molecule has 94 valence electrons. The monoisotopic (exact) mass is 243 g/mol. The Balaban J connectivity index is 2.48. The van der Waals surface area contributed by atoms with Crippen LogP contribution in [0.1, 0.15) is 18.1 Å². The van der Waals surface area contributed by atoms with Crippen molar-refractivity contribution in [3.8, 4) is 11.5 Å². The SMILES string of the molecule is CNCc1cc(C(C)(F)F)cc2c1OCCO2. The Morgan fingerprint density at radius 2 is 2.00 bits per heavy atom. The van der Waals surface area contributed by atoms with Crippen LogP contribution in [0.3, 0.4) is 0 Å². The first-order valence-electron chi connectivity index (χ1n) is 5.48. The summed E-state index contributed by atoms with van der Waals surface area (Å²) in [5.41, 5.74) is 0.647. The Kier molecular flexibility index (Phi) is 3.19. The standard InChI is InChI=1S/C12H15F2NO2/c1-12(13,14)9-5-8(7-15-2)11-10(6-9)16-3-4-17-11/h5-6,15H,3-4,7H2,1-2H3. The van der Waals surface area contributed by atoms with Crippen LogP contribution in [0.4, 0.5) is 8.78 Å². The van der Waals surface area contributed by atoms with Gasteiger partial charge in [-0.05, 0) is 19.2 Å². The zero-order chi connectivity index (χ0) is 12.5. The Morgan fingerprint density at radius 1 is 1.29 bits per heavy atom. The molecule has 1 aliphatic heterocycles. The number of nitrogens with one attached hydrogen (secondary N) is 1. The quantitative estimate of drug-likeness (QED) is 0.883. The number of halogens is 2. The Hall–Kier alpha value is -1.36. The molecule has 0 aliphatic carbocycles. The first-order chi connectivity index (χ1) is 8.02. The van der Waals surface area contributed by atoms with E-state index in [-0.39, 0.29) is 5.56 Å². The minimum absolute atomic E-state index is 0.0491. The Bertz CT molecular complexity index is 416. The number of alkyl halides is 2. The van der Waals surface area contributed by atoms with Gasteiger partial charge in [0.05, 0.1) is 0 Å². The van der Waals surface area contributed by atoms with Crippen LogP contribution in [0, 0.1) is 0 Å². The molecule has 0 fully saturated rings. The summed E-state index contributed by atoms with van der Waals surface area (Å²) in [5.74, 6) is -1.91. The average Bonchev–Trinajstić information content (AvgIpc) is 2.28. The molecule has 5 heteroatoms. The van der Waals surface area contributed by atoms with E-state index in [0.29, 0.717) is 36.8 Å². The molecule has 1 aliphatic rings. The first kappa shape index (κ1) is 12.1. The largest absolute Gasteiger partial charge is 0.486 e. The van der Waals surface area contributed by atoms with Crippen LogP contribution in [-0.2, 0) is 12.5 Å². The maximum absolute atomic E-state index is 13.3. The summed E-state index contributed by atoms with van der Waals surface area (Å²) in [6, 6.07) is 2.82. The number of fused-ring (bicyclic) bond motifs is 1. The summed E-state index contributed by atoms with van der Waals surface area (Å²) < 4.78 is 37.5. The first-order valence-corrected chi connectivity index (χ1v) is 5.48. The molecule has 0 saturated carbocycles. The molecule has 0 aromatic heterocycles. The zero-order valence-electron chi connectivity index (χ0n) is 9.85. The van der Waals surface area contributed by atoms with E-state index < -0.39 is 5.92 Å². The van der Waals surface area contributed by atoms with Crippen LogP contribution in [0.5, 0.6) is 11.5 Å². The fourth-order valence-electron chi connectivity index (χ4n) is 1.80. The molecule has 0 radical (unpaired) electrons. The molecule has 0 saturated heterocycles. The highest BCUT2D eigenvalue weighted by molar-refractivity contribution is 5.51. The molecular weight excluding hydrogens is 228 g/mol. The highest BCUT2D eigenvalue weighted by atomic mass is 19.3. The molecule has 17 heavy (non-hydrogen) atoms. The molecule has 1 aromatic rings. The van der Waals surface area contributed by atoms with Gasteiger partial charge >= 0.3 is 0 Å². The predicted octanol–water partition coefficient (Wildman–Crippen LogP) is 2.29. The van der Waals surface area contributed by atoms with Crippen molar-refractivity contribution in [3.63, 3.8) is 0 Å². The van der Waals surface area contributed by atoms with Gasteiger partial charge in [-0.15, -0.1) is 0 Å². The summed E-state index contributed by atoms with van der Waals surface area (Å²) in [5, 5.41) is 2.93. The highest BCUT2D eigenvalue weighted by Crippen LogP contribution is 2.39. The fraction of sp³-hybridized carbons (Fsp3) is 0.500. The molecule has 3 nitrogen and oxygen atoms in total. The lowest BCUT2D eigenvalue weighted by Crippen LogP contribution is -2.20. The fourth-order valence-corrected chi connectivity index (χ4v) is 1.80. The third kappa shape index (κ3) is 2.49. The van der Waals surface area contributed by atoms with E-state index in [1.54, 1.807) is 7.05 Å². The molecular formula is C12H15F2NO2. The van der Waals surface area contributed by atoms with Crippen LogP contribution in [-0.4, -0.2) is 20.3 Å². The van der Waals surface area contributed by atoms with Crippen molar-refractivity contribution in [2.75, 3.05) is 20.3 Å². The van der Waals surface area contributed by atoms with Crippen molar-refractivity contribution in [2.45, 2.75) is 19.4 Å². The van der Waals surface area contributed by atoms with Crippen LogP contribution in [0.2, 0.25) is 0 Å². The topological polar surface area (TPSA) is 30.5 Å². The predicted molar refractivity (Wildman–Crippen MR) is 59.8 cm³/mol. The Morgan fingerprint density at radius 3 is 2.65 bits per heavy atom. The maximum atomic E-state index is 13.3. The second-order valence-electron chi connectivity index (χ2n) is 4.08. The molecule has 0 amide bonds. The summed E-state index contributed by atoms with van der Waals surface area (Å²) in [6.07, 6.45) is 0. The van der Waals surface area contributed by atoms with Crippen LogP contribution < -0.4 is 14.8 Å².